The minimum absolute atomic E-state index is 0.00627. The Bertz CT molecular complexity index is 473. The van der Waals surface area contributed by atoms with Gasteiger partial charge < -0.3 is 23.7 Å². The Hall–Kier alpha value is -2.16. The van der Waals surface area contributed by atoms with E-state index >= 15 is 0 Å². The Labute approximate surface area is 133 Å². The average Bonchev–Trinajstić information content (AvgIpc) is 2.37. The van der Waals surface area contributed by atoms with Crippen LogP contribution in [0.25, 0.3) is 0 Å². The predicted octanol–water partition coefficient (Wildman–Crippen LogP) is 0.0910. The summed E-state index contributed by atoms with van der Waals surface area (Å²) in [6, 6.07) is 0. The fraction of sp³-hybridized carbons (Fsp3) is 0.714. The fourth-order valence-corrected chi connectivity index (χ4v) is 2.16. The maximum Gasteiger partial charge on any atom is 0.304 e. The van der Waals surface area contributed by atoms with Crippen LogP contribution in [-0.4, -0.2) is 55.1 Å². The predicted molar refractivity (Wildman–Crippen MR) is 72.8 cm³/mol. The van der Waals surface area contributed by atoms with Crippen molar-refractivity contribution in [2.24, 2.45) is 0 Å². The second-order valence-electron chi connectivity index (χ2n) is 4.97. The number of carbonyl (C=O) groups is 4. The molecule has 1 fully saturated rings. The molecular formula is C14H20O9. The molecule has 1 aliphatic rings. The summed E-state index contributed by atoms with van der Waals surface area (Å²) in [7, 11) is 0. The lowest BCUT2D eigenvalue weighted by atomic mass is 10.0. The highest BCUT2D eigenvalue weighted by Crippen LogP contribution is 2.27. The Morgan fingerprint density at radius 3 is 1.91 bits per heavy atom. The van der Waals surface area contributed by atoms with Gasteiger partial charge in [-0.15, -0.1) is 0 Å². The fourth-order valence-electron chi connectivity index (χ4n) is 2.16. The molecule has 1 aliphatic heterocycles. The molecule has 0 aromatic heterocycles. The molecule has 0 aliphatic carbocycles. The third kappa shape index (κ3) is 6.64. The summed E-state index contributed by atoms with van der Waals surface area (Å²) in [5, 5.41) is 0. The van der Waals surface area contributed by atoms with Crippen LogP contribution in [0, 0.1) is 0 Å². The molecule has 1 saturated heterocycles. The van der Waals surface area contributed by atoms with Gasteiger partial charge in [0.15, 0.2) is 6.10 Å². The first-order chi connectivity index (χ1) is 10.7. The normalized spacial score (nSPS) is 26.8. The quantitative estimate of drug-likeness (QED) is 0.510. The van der Waals surface area contributed by atoms with Crippen LogP contribution in [0.2, 0.25) is 0 Å². The van der Waals surface area contributed by atoms with Crippen LogP contribution in [0.5, 0.6) is 0 Å². The van der Waals surface area contributed by atoms with Crippen LogP contribution in [0.1, 0.15) is 34.1 Å². The van der Waals surface area contributed by atoms with E-state index < -0.39 is 48.5 Å². The number of ether oxygens (including phenoxy) is 5. The van der Waals surface area contributed by atoms with E-state index in [4.69, 9.17) is 23.7 Å². The zero-order chi connectivity index (χ0) is 17.6. The SMILES string of the molecule is CC(=O)OCC1O[C@@H](OC(C)=O)C[C@@H](OC(C)=O)[C@@H]1OC(C)=O. The van der Waals surface area contributed by atoms with Gasteiger partial charge in [-0.3, -0.25) is 19.2 Å². The maximum atomic E-state index is 11.3. The monoisotopic (exact) mass is 332 g/mol. The van der Waals surface area contributed by atoms with Gasteiger partial charge in [-0.2, -0.15) is 0 Å². The molecule has 0 bridgehead atoms. The highest BCUT2D eigenvalue weighted by atomic mass is 16.7. The van der Waals surface area contributed by atoms with E-state index in [9.17, 15) is 19.2 Å². The number of hydrogen-bond acceptors (Lipinski definition) is 9. The summed E-state index contributed by atoms with van der Waals surface area (Å²) >= 11 is 0. The molecule has 23 heavy (non-hydrogen) atoms. The number of esters is 4. The van der Waals surface area contributed by atoms with Crippen LogP contribution in [0.4, 0.5) is 0 Å². The van der Waals surface area contributed by atoms with Crippen molar-refractivity contribution in [2.45, 2.75) is 58.7 Å². The van der Waals surface area contributed by atoms with Gasteiger partial charge in [-0.25, -0.2) is 0 Å². The first-order valence-electron chi connectivity index (χ1n) is 6.99. The molecule has 0 spiro atoms. The van der Waals surface area contributed by atoms with Gasteiger partial charge in [0.05, 0.1) is 6.42 Å². The van der Waals surface area contributed by atoms with Crippen LogP contribution >= 0.6 is 0 Å². The van der Waals surface area contributed by atoms with Crippen molar-refractivity contribution in [1.29, 1.82) is 0 Å². The lowest BCUT2D eigenvalue weighted by molar-refractivity contribution is -0.260. The average molecular weight is 332 g/mol. The molecule has 0 aromatic carbocycles. The lowest BCUT2D eigenvalue weighted by Crippen LogP contribution is -2.54. The third-order valence-corrected chi connectivity index (χ3v) is 2.85. The lowest BCUT2D eigenvalue weighted by Gasteiger charge is -2.39. The highest BCUT2D eigenvalue weighted by molar-refractivity contribution is 5.68. The molecule has 4 atom stereocenters. The third-order valence-electron chi connectivity index (χ3n) is 2.85. The Morgan fingerprint density at radius 2 is 1.43 bits per heavy atom. The Balaban J connectivity index is 2.94. The summed E-state index contributed by atoms with van der Waals surface area (Å²) in [5.74, 6) is -2.36. The van der Waals surface area contributed by atoms with E-state index in [0.29, 0.717) is 0 Å². The molecule has 9 nitrogen and oxygen atoms in total. The Kier molecular flexibility index (Phi) is 6.95. The van der Waals surface area contributed by atoms with Crippen LogP contribution in [0.15, 0.2) is 0 Å². The van der Waals surface area contributed by atoms with Gasteiger partial charge in [-0.05, 0) is 0 Å². The highest BCUT2D eigenvalue weighted by Gasteiger charge is 2.44. The van der Waals surface area contributed by atoms with Crippen molar-refractivity contribution in [2.75, 3.05) is 6.61 Å². The maximum absolute atomic E-state index is 11.3. The standard InChI is InChI=1S/C14H20O9/c1-7(15)19-6-12-14(22-10(4)18)11(20-8(2)16)5-13(23-12)21-9(3)17/h11-14H,5-6H2,1-4H3/t11-,12?,13-,14+/m1/s1. The van der Waals surface area contributed by atoms with Crippen LogP contribution < -0.4 is 0 Å². The summed E-state index contributed by atoms with van der Waals surface area (Å²) in [4.78, 5) is 44.6. The first kappa shape index (κ1) is 18.9. The zero-order valence-corrected chi connectivity index (χ0v) is 13.4. The topological polar surface area (TPSA) is 114 Å². The minimum Gasteiger partial charge on any atom is -0.463 e. The van der Waals surface area contributed by atoms with Crippen molar-refractivity contribution in [3.05, 3.63) is 0 Å². The van der Waals surface area contributed by atoms with Crippen molar-refractivity contribution in [3.8, 4) is 0 Å². The summed E-state index contributed by atoms with van der Waals surface area (Å²) < 4.78 is 25.6. The summed E-state index contributed by atoms with van der Waals surface area (Å²) in [6.07, 6.45) is -3.83. The van der Waals surface area contributed by atoms with Gasteiger partial charge in [0, 0.05) is 27.7 Å². The molecule has 0 saturated carbocycles. The molecule has 1 heterocycles. The van der Waals surface area contributed by atoms with Gasteiger partial charge in [0.25, 0.3) is 0 Å². The first-order valence-corrected chi connectivity index (χ1v) is 6.99. The van der Waals surface area contributed by atoms with Crippen molar-refractivity contribution in [1.82, 2.24) is 0 Å². The molecule has 1 unspecified atom stereocenters. The van der Waals surface area contributed by atoms with Gasteiger partial charge in [0.2, 0.25) is 6.29 Å². The van der Waals surface area contributed by atoms with Crippen LogP contribution in [0.3, 0.4) is 0 Å². The summed E-state index contributed by atoms with van der Waals surface area (Å²) in [5.41, 5.74) is 0. The molecule has 0 radical (unpaired) electrons. The smallest absolute Gasteiger partial charge is 0.304 e. The number of rotatable bonds is 5. The second-order valence-corrected chi connectivity index (χ2v) is 4.97. The van der Waals surface area contributed by atoms with Gasteiger partial charge >= 0.3 is 23.9 Å². The van der Waals surface area contributed by atoms with E-state index in [-0.39, 0.29) is 13.0 Å². The minimum atomic E-state index is -1.01. The van der Waals surface area contributed by atoms with Crippen molar-refractivity contribution >= 4 is 23.9 Å². The molecule has 130 valence electrons. The Morgan fingerprint density at radius 1 is 0.870 bits per heavy atom. The molecule has 0 aromatic rings. The number of hydrogen-bond donors (Lipinski definition) is 0. The molecule has 9 heteroatoms. The van der Waals surface area contributed by atoms with Gasteiger partial charge in [-0.1, -0.05) is 0 Å². The number of carbonyl (C=O) groups excluding carboxylic acids is 4. The molecule has 0 N–H and O–H groups in total. The van der Waals surface area contributed by atoms with Crippen molar-refractivity contribution < 1.29 is 42.9 Å². The van der Waals surface area contributed by atoms with E-state index in [1.807, 2.05) is 0 Å². The van der Waals surface area contributed by atoms with E-state index in [0.717, 1.165) is 0 Å². The van der Waals surface area contributed by atoms with E-state index in [1.54, 1.807) is 0 Å². The molecule has 0 amide bonds. The zero-order valence-electron chi connectivity index (χ0n) is 13.4. The van der Waals surface area contributed by atoms with E-state index in [2.05, 4.69) is 0 Å². The van der Waals surface area contributed by atoms with E-state index in [1.165, 1.54) is 27.7 Å². The van der Waals surface area contributed by atoms with Crippen LogP contribution in [-0.2, 0) is 42.9 Å². The molecular weight excluding hydrogens is 312 g/mol. The summed E-state index contributed by atoms with van der Waals surface area (Å²) in [6.45, 7) is 4.54. The van der Waals surface area contributed by atoms with Gasteiger partial charge in [0.1, 0.15) is 18.8 Å². The van der Waals surface area contributed by atoms with Crippen molar-refractivity contribution in [3.63, 3.8) is 0 Å². The molecule has 1 rings (SSSR count). The largest absolute Gasteiger partial charge is 0.463 e. The second kappa shape index (κ2) is 8.47.